The maximum atomic E-state index is 12.0. The first-order valence-electron chi connectivity index (χ1n) is 6.79. The standard InChI is InChI=1S/C16H20O3/c1-4-5-10-18-16(17)12(3)15-11(2)13-8-6-7-9-14(13)19-15/h6-9,12H,4-5,10H2,1-3H3. The van der Waals surface area contributed by atoms with Crippen LogP contribution in [0.3, 0.4) is 0 Å². The van der Waals surface area contributed by atoms with Crippen LogP contribution in [0.4, 0.5) is 0 Å². The molecule has 1 unspecified atom stereocenters. The summed E-state index contributed by atoms with van der Waals surface area (Å²) in [6.07, 6.45) is 1.92. The fraction of sp³-hybridized carbons (Fsp3) is 0.438. The molecule has 102 valence electrons. The second kappa shape index (κ2) is 5.91. The molecule has 2 aromatic rings. The number of fused-ring (bicyclic) bond motifs is 1. The first-order valence-corrected chi connectivity index (χ1v) is 6.79. The molecule has 0 aliphatic heterocycles. The van der Waals surface area contributed by atoms with Crippen LogP contribution in [0.5, 0.6) is 0 Å². The Morgan fingerprint density at radius 1 is 1.37 bits per heavy atom. The van der Waals surface area contributed by atoms with Gasteiger partial charge in [-0.25, -0.2) is 0 Å². The van der Waals surface area contributed by atoms with E-state index in [1.54, 1.807) is 0 Å². The average Bonchev–Trinajstić information content (AvgIpc) is 2.76. The van der Waals surface area contributed by atoms with Gasteiger partial charge in [0.25, 0.3) is 0 Å². The minimum atomic E-state index is -0.357. The molecular formula is C16H20O3. The molecule has 1 aromatic heterocycles. The highest BCUT2D eigenvalue weighted by Gasteiger charge is 2.23. The summed E-state index contributed by atoms with van der Waals surface area (Å²) in [6.45, 7) is 6.37. The molecule has 0 aliphatic carbocycles. The first kappa shape index (κ1) is 13.7. The highest BCUT2D eigenvalue weighted by atomic mass is 16.5. The summed E-state index contributed by atoms with van der Waals surface area (Å²) < 4.78 is 11.0. The van der Waals surface area contributed by atoms with Gasteiger partial charge in [0, 0.05) is 5.39 Å². The van der Waals surface area contributed by atoms with Crippen LogP contribution in [-0.4, -0.2) is 12.6 Å². The SMILES string of the molecule is CCCCOC(=O)C(C)c1oc2ccccc2c1C. The number of carbonyl (C=O) groups is 1. The molecule has 0 amide bonds. The summed E-state index contributed by atoms with van der Waals surface area (Å²) in [5.41, 5.74) is 1.85. The van der Waals surface area contributed by atoms with Gasteiger partial charge in [-0.1, -0.05) is 31.5 Å². The molecule has 2 rings (SSSR count). The van der Waals surface area contributed by atoms with Crippen molar-refractivity contribution in [2.75, 3.05) is 6.61 Å². The van der Waals surface area contributed by atoms with Crippen LogP contribution in [0.25, 0.3) is 11.0 Å². The maximum absolute atomic E-state index is 12.0. The van der Waals surface area contributed by atoms with Gasteiger partial charge in [-0.15, -0.1) is 0 Å². The lowest BCUT2D eigenvalue weighted by Crippen LogP contribution is -2.14. The second-order valence-corrected chi connectivity index (χ2v) is 4.83. The van der Waals surface area contributed by atoms with E-state index < -0.39 is 0 Å². The number of hydrogen-bond donors (Lipinski definition) is 0. The van der Waals surface area contributed by atoms with Gasteiger partial charge in [-0.3, -0.25) is 4.79 Å². The Kier molecular flexibility index (Phi) is 4.25. The highest BCUT2D eigenvalue weighted by Crippen LogP contribution is 2.30. The molecule has 0 saturated carbocycles. The topological polar surface area (TPSA) is 39.4 Å². The second-order valence-electron chi connectivity index (χ2n) is 4.83. The summed E-state index contributed by atoms with van der Waals surface area (Å²) in [7, 11) is 0. The number of furan rings is 1. The molecule has 3 heteroatoms. The Bertz CT molecular complexity index is 568. The van der Waals surface area contributed by atoms with Crippen LogP contribution in [0.15, 0.2) is 28.7 Å². The molecule has 19 heavy (non-hydrogen) atoms. The quantitative estimate of drug-likeness (QED) is 0.597. The molecule has 0 spiro atoms. The van der Waals surface area contributed by atoms with Crippen molar-refractivity contribution in [1.29, 1.82) is 0 Å². The van der Waals surface area contributed by atoms with Gasteiger partial charge in [0.1, 0.15) is 17.3 Å². The number of ether oxygens (including phenoxy) is 1. The lowest BCUT2D eigenvalue weighted by Gasteiger charge is -2.09. The largest absolute Gasteiger partial charge is 0.465 e. The van der Waals surface area contributed by atoms with Crippen molar-refractivity contribution < 1.29 is 13.9 Å². The number of carbonyl (C=O) groups excluding carboxylic acids is 1. The smallest absolute Gasteiger partial charge is 0.316 e. The molecule has 0 aliphatic rings. The van der Waals surface area contributed by atoms with Gasteiger partial charge in [0.05, 0.1) is 6.61 Å². The first-order chi connectivity index (χ1) is 9.15. The van der Waals surface area contributed by atoms with Crippen molar-refractivity contribution in [1.82, 2.24) is 0 Å². The average molecular weight is 260 g/mol. The lowest BCUT2D eigenvalue weighted by molar-refractivity contribution is -0.145. The Hall–Kier alpha value is -1.77. The molecule has 3 nitrogen and oxygen atoms in total. The van der Waals surface area contributed by atoms with Gasteiger partial charge in [-0.2, -0.15) is 0 Å². The number of esters is 1. The molecule has 0 fully saturated rings. The zero-order chi connectivity index (χ0) is 13.8. The molecule has 0 saturated heterocycles. The number of benzene rings is 1. The monoisotopic (exact) mass is 260 g/mol. The van der Waals surface area contributed by atoms with E-state index in [-0.39, 0.29) is 11.9 Å². The van der Waals surface area contributed by atoms with E-state index in [2.05, 4.69) is 6.92 Å². The molecule has 1 heterocycles. The fourth-order valence-corrected chi connectivity index (χ4v) is 2.16. The van der Waals surface area contributed by atoms with Crippen molar-refractivity contribution in [3.63, 3.8) is 0 Å². The number of rotatable bonds is 5. The molecular weight excluding hydrogens is 240 g/mol. The molecule has 1 aromatic carbocycles. The number of aryl methyl sites for hydroxylation is 1. The minimum absolute atomic E-state index is 0.212. The third kappa shape index (κ3) is 2.80. The van der Waals surface area contributed by atoms with Crippen molar-refractivity contribution in [2.45, 2.75) is 39.5 Å². The summed E-state index contributed by atoms with van der Waals surface area (Å²) in [5, 5.41) is 1.06. The Morgan fingerprint density at radius 2 is 2.11 bits per heavy atom. The summed E-state index contributed by atoms with van der Waals surface area (Å²) in [4.78, 5) is 12.0. The van der Waals surface area contributed by atoms with Gasteiger partial charge in [0.2, 0.25) is 0 Å². The van der Waals surface area contributed by atoms with Crippen LogP contribution in [0.2, 0.25) is 0 Å². The van der Waals surface area contributed by atoms with E-state index >= 15 is 0 Å². The van der Waals surface area contributed by atoms with E-state index in [1.165, 1.54) is 0 Å². The third-order valence-corrected chi connectivity index (χ3v) is 3.37. The Balaban J connectivity index is 2.19. The van der Waals surface area contributed by atoms with Crippen molar-refractivity contribution in [2.24, 2.45) is 0 Å². The van der Waals surface area contributed by atoms with E-state index in [9.17, 15) is 4.79 Å². The van der Waals surface area contributed by atoms with Crippen molar-refractivity contribution >= 4 is 16.9 Å². The lowest BCUT2D eigenvalue weighted by atomic mass is 10.0. The van der Waals surface area contributed by atoms with Crippen LogP contribution in [0.1, 0.15) is 43.9 Å². The Morgan fingerprint density at radius 3 is 2.79 bits per heavy atom. The van der Waals surface area contributed by atoms with Crippen LogP contribution < -0.4 is 0 Å². The number of unbranched alkanes of at least 4 members (excludes halogenated alkanes) is 1. The number of hydrogen-bond acceptors (Lipinski definition) is 3. The fourth-order valence-electron chi connectivity index (χ4n) is 2.16. The van der Waals surface area contributed by atoms with Crippen molar-refractivity contribution in [3.05, 3.63) is 35.6 Å². The molecule has 0 N–H and O–H groups in total. The van der Waals surface area contributed by atoms with E-state index in [4.69, 9.17) is 9.15 Å². The van der Waals surface area contributed by atoms with Crippen LogP contribution in [-0.2, 0) is 9.53 Å². The molecule has 1 atom stereocenters. The van der Waals surface area contributed by atoms with Gasteiger partial charge >= 0.3 is 5.97 Å². The van der Waals surface area contributed by atoms with E-state index in [1.807, 2.05) is 38.1 Å². The predicted molar refractivity (Wildman–Crippen MR) is 75.2 cm³/mol. The van der Waals surface area contributed by atoms with E-state index in [0.29, 0.717) is 12.4 Å². The third-order valence-electron chi connectivity index (χ3n) is 3.37. The number of para-hydroxylation sites is 1. The molecule has 0 bridgehead atoms. The highest BCUT2D eigenvalue weighted by molar-refractivity contribution is 5.85. The van der Waals surface area contributed by atoms with Crippen molar-refractivity contribution in [3.8, 4) is 0 Å². The minimum Gasteiger partial charge on any atom is -0.465 e. The van der Waals surface area contributed by atoms with Gasteiger partial charge in [-0.05, 0) is 31.9 Å². The normalized spacial score (nSPS) is 12.6. The van der Waals surface area contributed by atoms with Crippen LogP contribution >= 0.6 is 0 Å². The summed E-state index contributed by atoms with van der Waals surface area (Å²) >= 11 is 0. The molecule has 0 radical (unpaired) electrons. The van der Waals surface area contributed by atoms with E-state index in [0.717, 1.165) is 29.4 Å². The maximum Gasteiger partial charge on any atom is 0.316 e. The van der Waals surface area contributed by atoms with Gasteiger partial charge < -0.3 is 9.15 Å². The zero-order valence-corrected chi connectivity index (χ0v) is 11.7. The summed E-state index contributed by atoms with van der Waals surface area (Å²) in [5.74, 6) is 0.141. The van der Waals surface area contributed by atoms with Crippen LogP contribution in [0, 0.1) is 6.92 Å². The van der Waals surface area contributed by atoms with Gasteiger partial charge in [0.15, 0.2) is 0 Å². The predicted octanol–water partition coefficient (Wildman–Crippen LogP) is 4.19. The summed E-state index contributed by atoms with van der Waals surface area (Å²) in [6, 6.07) is 7.83. The Labute approximate surface area is 113 Å². The zero-order valence-electron chi connectivity index (χ0n) is 11.7.